The van der Waals surface area contributed by atoms with Crippen LogP contribution in [-0.4, -0.2) is 33.6 Å². The van der Waals surface area contributed by atoms with Gasteiger partial charge in [-0.3, -0.25) is 9.36 Å². The molecule has 0 saturated carbocycles. The minimum atomic E-state index is -0.312. The number of aromatic nitrogens is 3. The van der Waals surface area contributed by atoms with E-state index in [0.29, 0.717) is 36.8 Å². The van der Waals surface area contributed by atoms with Crippen molar-refractivity contribution in [1.82, 2.24) is 19.9 Å². The topological polar surface area (TPSA) is 86.1 Å². The van der Waals surface area contributed by atoms with Gasteiger partial charge in [-0.2, -0.15) is 4.98 Å². The van der Waals surface area contributed by atoms with Gasteiger partial charge in [-0.1, -0.05) is 0 Å². The molecule has 0 aliphatic rings. The van der Waals surface area contributed by atoms with Gasteiger partial charge >= 0.3 is 5.69 Å². The van der Waals surface area contributed by atoms with Gasteiger partial charge in [0.2, 0.25) is 5.88 Å². The van der Waals surface area contributed by atoms with Crippen LogP contribution in [0, 0.1) is 13.8 Å². The molecule has 2 aromatic heterocycles. The molecular weight excluding hydrogens is 296 g/mol. The maximum atomic E-state index is 12.2. The van der Waals surface area contributed by atoms with E-state index in [0.717, 1.165) is 5.69 Å². The molecule has 122 valence electrons. The largest absolute Gasteiger partial charge is 0.477 e. The third-order valence-electron chi connectivity index (χ3n) is 3.26. The molecule has 0 spiro atoms. The Balaban J connectivity index is 2.02. The fraction of sp³-hybridized carbons (Fsp3) is 0.375. The molecule has 1 N–H and O–H groups in total. The van der Waals surface area contributed by atoms with Crippen LogP contribution in [0.15, 0.2) is 29.2 Å². The van der Waals surface area contributed by atoms with E-state index < -0.39 is 0 Å². The van der Waals surface area contributed by atoms with Crippen LogP contribution in [0.2, 0.25) is 0 Å². The first-order valence-electron chi connectivity index (χ1n) is 7.44. The highest BCUT2D eigenvalue weighted by Gasteiger charge is 2.13. The normalized spacial score (nSPS) is 10.4. The Morgan fingerprint density at radius 3 is 2.87 bits per heavy atom. The van der Waals surface area contributed by atoms with E-state index in [4.69, 9.17) is 4.74 Å². The predicted molar refractivity (Wildman–Crippen MR) is 85.7 cm³/mol. The lowest BCUT2D eigenvalue weighted by Gasteiger charge is -2.12. The zero-order chi connectivity index (χ0) is 16.8. The van der Waals surface area contributed by atoms with Gasteiger partial charge in [-0.05, 0) is 39.0 Å². The van der Waals surface area contributed by atoms with E-state index in [1.807, 2.05) is 19.9 Å². The summed E-state index contributed by atoms with van der Waals surface area (Å²) in [6, 6.07) is 5.16. The number of hydrogen-bond acceptors (Lipinski definition) is 5. The summed E-state index contributed by atoms with van der Waals surface area (Å²) in [7, 11) is 0. The minimum Gasteiger partial charge on any atom is -0.477 e. The average Bonchev–Trinajstić information content (AvgIpc) is 2.50. The van der Waals surface area contributed by atoms with Crippen molar-refractivity contribution < 1.29 is 9.53 Å². The standard InChI is InChI=1S/C16H20N4O3/c1-4-23-15-13(6-5-7-18-15)14(21)17-8-9-20-12(3)10-11(2)19-16(20)22/h5-7,10H,4,8-9H2,1-3H3,(H,17,21). The van der Waals surface area contributed by atoms with Crippen molar-refractivity contribution in [1.29, 1.82) is 0 Å². The van der Waals surface area contributed by atoms with Gasteiger partial charge in [0.15, 0.2) is 0 Å². The van der Waals surface area contributed by atoms with Crippen molar-refractivity contribution in [3.8, 4) is 5.88 Å². The molecule has 0 unspecified atom stereocenters. The molecule has 0 saturated heterocycles. The third-order valence-corrected chi connectivity index (χ3v) is 3.26. The van der Waals surface area contributed by atoms with Gasteiger partial charge < -0.3 is 10.1 Å². The molecule has 2 rings (SSSR count). The summed E-state index contributed by atoms with van der Waals surface area (Å²) in [5.74, 6) is 0.0187. The van der Waals surface area contributed by atoms with E-state index in [1.165, 1.54) is 4.57 Å². The molecule has 0 bridgehead atoms. The number of carbonyl (C=O) groups is 1. The number of nitrogens with one attached hydrogen (secondary N) is 1. The number of pyridine rings is 1. The third kappa shape index (κ3) is 4.15. The zero-order valence-corrected chi connectivity index (χ0v) is 13.5. The maximum Gasteiger partial charge on any atom is 0.348 e. The van der Waals surface area contributed by atoms with Crippen LogP contribution in [-0.2, 0) is 6.54 Å². The zero-order valence-electron chi connectivity index (χ0n) is 13.5. The van der Waals surface area contributed by atoms with Crippen molar-refractivity contribution in [2.24, 2.45) is 0 Å². The van der Waals surface area contributed by atoms with Crippen molar-refractivity contribution in [2.75, 3.05) is 13.2 Å². The van der Waals surface area contributed by atoms with Crippen molar-refractivity contribution in [3.63, 3.8) is 0 Å². The summed E-state index contributed by atoms with van der Waals surface area (Å²) >= 11 is 0. The van der Waals surface area contributed by atoms with Gasteiger partial charge in [0.25, 0.3) is 5.91 Å². The smallest absolute Gasteiger partial charge is 0.348 e. The van der Waals surface area contributed by atoms with Gasteiger partial charge in [-0.15, -0.1) is 0 Å². The Morgan fingerprint density at radius 2 is 2.17 bits per heavy atom. The lowest BCUT2D eigenvalue weighted by Crippen LogP contribution is -2.33. The number of rotatable bonds is 6. The molecular formula is C16H20N4O3. The quantitative estimate of drug-likeness (QED) is 0.862. The van der Waals surface area contributed by atoms with Crippen LogP contribution < -0.4 is 15.7 Å². The molecule has 7 heteroatoms. The van der Waals surface area contributed by atoms with Crippen LogP contribution >= 0.6 is 0 Å². The molecule has 0 aliphatic heterocycles. The Labute approximate surface area is 134 Å². The molecule has 2 aromatic rings. The maximum absolute atomic E-state index is 12.2. The molecule has 1 amide bonds. The monoisotopic (exact) mass is 316 g/mol. The second kappa shape index (κ2) is 7.53. The number of amides is 1. The summed E-state index contributed by atoms with van der Waals surface area (Å²) in [4.78, 5) is 32.0. The SMILES string of the molecule is CCOc1ncccc1C(=O)NCCn1c(C)cc(C)nc1=O. The summed E-state index contributed by atoms with van der Waals surface area (Å²) in [6.45, 7) is 6.54. The lowest BCUT2D eigenvalue weighted by molar-refractivity contribution is 0.0947. The lowest BCUT2D eigenvalue weighted by atomic mass is 10.2. The Morgan fingerprint density at radius 1 is 1.39 bits per heavy atom. The minimum absolute atomic E-state index is 0.285. The molecule has 0 fully saturated rings. The fourth-order valence-electron chi connectivity index (χ4n) is 2.24. The van der Waals surface area contributed by atoms with Crippen molar-refractivity contribution >= 4 is 5.91 Å². The van der Waals surface area contributed by atoms with E-state index in [9.17, 15) is 9.59 Å². The second-order valence-corrected chi connectivity index (χ2v) is 5.02. The van der Waals surface area contributed by atoms with Crippen LogP contribution in [0.1, 0.15) is 28.7 Å². The van der Waals surface area contributed by atoms with Gasteiger partial charge in [0, 0.05) is 30.7 Å². The molecule has 0 atom stereocenters. The summed E-state index contributed by atoms with van der Waals surface area (Å²) in [6.07, 6.45) is 1.57. The fourth-order valence-corrected chi connectivity index (χ4v) is 2.24. The van der Waals surface area contributed by atoms with Crippen LogP contribution in [0.5, 0.6) is 5.88 Å². The predicted octanol–water partition coefficient (Wildman–Crippen LogP) is 1.08. The highest BCUT2D eigenvalue weighted by Crippen LogP contribution is 2.13. The van der Waals surface area contributed by atoms with Crippen molar-refractivity contribution in [3.05, 3.63) is 51.8 Å². The molecule has 23 heavy (non-hydrogen) atoms. The number of aryl methyl sites for hydroxylation is 2. The molecule has 0 radical (unpaired) electrons. The van der Waals surface area contributed by atoms with Crippen LogP contribution in [0.3, 0.4) is 0 Å². The molecule has 0 aromatic carbocycles. The average molecular weight is 316 g/mol. The summed E-state index contributed by atoms with van der Waals surface area (Å²) in [5, 5.41) is 2.77. The number of carbonyl (C=O) groups excluding carboxylic acids is 1. The highest BCUT2D eigenvalue weighted by atomic mass is 16.5. The van der Waals surface area contributed by atoms with Crippen LogP contribution in [0.4, 0.5) is 0 Å². The van der Waals surface area contributed by atoms with Gasteiger partial charge in [-0.25, -0.2) is 9.78 Å². The highest BCUT2D eigenvalue weighted by molar-refractivity contribution is 5.96. The molecule has 2 heterocycles. The van der Waals surface area contributed by atoms with E-state index in [1.54, 1.807) is 25.3 Å². The Kier molecular flexibility index (Phi) is 5.46. The van der Waals surface area contributed by atoms with E-state index in [2.05, 4.69) is 15.3 Å². The van der Waals surface area contributed by atoms with Gasteiger partial charge in [0.05, 0.1) is 6.61 Å². The number of nitrogens with zero attached hydrogens (tertiary/aromatic N) is 3. The van der Waals surface area contributed by atoms with Gasteiger partial charge in [0.1, 0.15) is 5.56 Å². The number of ether oxygens (including phenoxy) is 1. The van der Waals surface area contributed by atoms with Crippen molar-refractivity contribution in [2.45, 2.75) is 27.3 Å². The Hall–Kier alpha value is -2.70. The van der Waals surface area contributed by atoms with E-state index >= 15 is 0 Å². The molecule has 0 aliphatic carbocycles. The second-order valence-electron chi connectivity index (χ2n) is 5.02. The Bertz CT molecular complexity index is 755. The van der Waals surface area contributed by atoms with E-state index in [-0.39, 0.29) is 11.6 Å². The first-order valence-corrected chi connectivity index (χ1v) is 7.44. The molecule has 7 nitrogen and oxygen atoms in total. The summed E-state index contributed by atoms with van der Waals surface area (Å²) < 4.78 is 6.86. The van der Waals surface area contributed by atoms with Crippen LogP contribution in [0.25, 0.3) is 0 Å². The first kappa shape index (κ1) is 16.7. The summed E-state index contributed by atoms with van der Waals surface area (Å²) in [5.41, 5.74) is 1.56. The first-order chi connectivity index (χ1) is 11.0. The number of hydrogen-bond donors (Lipinski definition) is 1.